The van der Waals surface area contributed by atoms with Crippen molar-refractivity contribution in [1.29, 1.82) is 0 Å². The van der Waals surface area contributed by atoms with E-state index in [-0.39, 0.29) is 23.8 Å². The topological polar surface area (TPSA) is 136 Å². The summed E-state index contributed by atoms with van der Waals surface area (Å²) in [5.41, 5.74) is -1.14. The molecule has 0 aromatic heterocycles. The monoisotopic (exact) mass is 348 g/mol. The highest BCUT2D eigenvalue weighted by molar-refractivity contribution is 6.09. The van der Waals surface area contributed by atoms with Crippen LogP contribution in [-0.2, 0) is 14.4 Å². The average molecular weight is 348 g/mol. The van der Waals surface area contributed by atoms with E-state index < -0.39 is 41.2 Å². The quantitative estimate of drug-likeness (QED) is 0.395. The van der Waals surface area contributed by atoms with Crippen LogP contribution in [0.2, 0.25) is 0 Å². The summed E-state index contributed by atoms with van der Waals surface area (Å²) in [6.45, 7) is 3.69. The largest absolute Gasteiger partial charge is 0.504 e. The third-order valence-corrected chi connectivity index (χ3v) is 4.96. The molecule has 8 nitrogen and oxygen atoms in total. The van der Waals surface area contributed by atoms with Crippen LogP contribution >= 0.6 is 0 Å². The molecule has 3 rings (SSSR count). The van der Waals surface area contributed by atoms with Crippen molar-refractivity contribution in [2.24, 2.45) is 17.8 Å². The van der Waals surface area contributed by atoms with E-state index >= 15 is 0 Å². The first kappa shape index (κ1) is 17.2. The van der Waals surface area contributed by atoms with Gasteiger partial charge in [-0.3, -0.25) is 25.0 Å². The Hall–Kier alpha value is -2.61. The van der Waals surface area contributed by atoms with Crippen molar-refractivity contribution in [3.63, 3.8) is 0 Å². The lowest BCUT2D eigenvalue weighted by Crippen LogP contribution is -2.56. The smallest absolute Gasteiger partial charge is 0.324 e. The minimum absolute atomic E-state index is 0.0280. The van der Waals surface area contributed by atoms with Crippen molar-refractivity contribution in [2.75, 3.05) is 0 Å². The number of carboxylic acid groups (broad SMARTS) is 1. The summed E-state index contributed by atoms with van der Waals surface area (Å²) in [5, 5.41) is 34.3. The highest BCUT2D eigenvalue weighted by Crippen LogP contribution is 2.49. The maximum absolute atomic E-state index is 12.3. The summed E-state index contributed by atoms with van der Waals surface area (Å²) in [5.74, 6) is -4.99. The first-order valence-corrected chi connectivity index (χ1v) is 8.05. The van der Waals surface area contributed by atoms with Crippen molar-refractivity contribution in [3.8, 4) is 11.5 Å². The summed E-state index contributed by atoms with van der Waals surface area (Å²) in [7, 11) is 0. The summed E-state index contributed by atoms with van der Waals surface area (Å²) in [4.78, 5) is 36.8. The molecule has 2 aliphatic heterocycles. The van der Waals surface area contributed by atoms with Gasteiger partial charge in [-0.15, -0.1) is 0 Å². The molecule has 0 spiro atoms. The molecule has 134 valence electrons. The molecule has 25 heavy (non-hydrogen) atoms. The molecular formula is C17H20N2O6. The van der Waals surface area contributed by atoms with Crippen LogP contribution < -0.4 is 10.6 Å². The number of phenolic OH excluding ortho intramolecular Hbond substituents is 2. The van der Waals surface area contributed by atoms with Gasteiger partial charge in [0.25, 0.3) is 0 Å². The second-order valence-corrected chi connectivity index (χ2v) is 7.10. The maximum atomic E-state index is 12.3. The minimum Gasteiger partial charge on any atom is -0.504 e. The van der Waals surface area contributed by atoms with E-state index in [1.807, 2.05) is 13.8 Å². The van der Waals surface area contributed by atoms with Crippen LogP contribution in [0.1, 0.15) is 31.9 Å². The fraction of sp³-hybridized carbons (Fsp3) is 0.471. The second-order valence-electron chi connectivity index (χ2n) is 7.10. The van der Waals surface area contributed by atoms with Crippen molar-refractivity contribution in [2.45, 2.75) is 31.8 Å². The normalized spacial score (nSPS) is 31.2. The van der Waals surface area contributed by atoms with E-state index in [1.165, 1.54) is 18.2 Å². The summed E-state index contributed by atoms with van der Waals surface area (Å²) in [6.07, 6.45) is 0.171. The molecule has 0 aliphatic carbocycles. The molecule has 1 aromatic carbocycles. The standard InChI is InChI=1S/C17H20N2O6/c1-7(2)6-17(16(24)25)12-11(14(22)18-15(12)23)13(19-17)8-3-4-9(20)10(21)5-8/h3-5,7,11-13,19-21H,6H2,1-2H3,(H,24,25)(H,18,22,23). The van der Waals surface area contributed by atoms with E-state index in [4.69, 9.17) is 0 Å². The first-order valence-electron chi connectivity index (χ1n) is 8.05. The Morgan fingerprint density at radius 3 is 2.44 bits per heavy atom. The van der Waals surface area contributed by atoms with Gasteiger partial charge in [0.05, 0.1) is 11.8 Å². The number of aliphatic carboxylic acids is 1. The Morgan fingerprint density at radius 1 is 1.20 bits per heavy atom. The second kappa shape index (κ2) is 5.73. The molecule has 1 aromatic rings. The summed E-state index contributed by atoms with van der Waals surface area (Å²) in [6, 6.07) is 3.26. The van der Waals surface area contributed by atoms with Crippen LogP contribution in [-0.4, -0.2) is 38.6 Å². The number of hydrogen-bond acceptors (Lipinski definition) is 6. The Kier molecular flexibility index (Phi) is 3.95. The summed E-state index contributed by atoms with van der Waals surface area (Å²) < 4.78 is 0. The molecule has 5 N–H and O–H groups in total. The lowest BCUT2D eigenvalue weighted by Gasteiger charge is -2.31. The van der Waals surface area contributed by atoms with Crippen LogP contribution in [0.15, 0.2) is 18.2 Å². The average Bonchev–Trinajstić information content (AvgIpc) is 3.00. The Balaban J connectivity index is 2.12. The van der Waals surface area contributed by atoms with E-state index in [2.05, 4.69) is 10.6 Å². The van der Waals surface area contributed by atoms with Crippen LogP contribution in [0.4, 0.5) is 0 Å². The van der Waals surface area contributed by atoms with Crippen LogP contribution in [0.3, 0.4) is 0 Å². The van der Waals surface area contributed by atoms with Gasteiger partial charge in [-0.2, -0.15) is 0 Å². The molecule has 2 fully saturated rings. The van der Waals surface area contributed by atoms with E-state index in [0.717, 1.165) is 0 Å². The van der Waals surface area contributed by atoms with Crippen molar-refractivity contribution in [1.82, 2.24) is 10.6 Å². The highest BCUT2D eigenvalue weighted by atomic mass is 16.4. The van der Waals surface area contributed by atoms with Gasteiger partial charge in [0, 0.05) is 6.04 Å². The zero-order valence-corrected chi connectivity index (χ0v) is 13.8. The maximum Gasteiger partial charge on any atom is 0.324 e. The Labute approximate surface area is 143 Å². The number of hydrogen-bond donors (Lipinski definition) is 5. The molecule has 0 bridgehead atoms. The number of phenols is 2. The zero-order chi connectivity index (χ0) is 18.5. The van der Waals surface area contributed by atoms with Gasteiger partial charge in [-0.05, 0) is 30.0 Å². The van der Waals surface area contributed by atoms with Gasteiger partial charge in [0.2, 0.25) is 11.8 Å². The third-order valence-electron chi connectivity index (χ3n) is 4.96. The number of fused-ring (bicyclic) bond motifs is 1. The number of amides is 2. The molecular weight excluding hydrogens is 328 g/mol. The first-order chi connectivity index (χ1) is 11.7. The molecule has 0 radical (unpaired) electrons. The molecule has 2 saturated heterocycles. The van der Waals surface area contributed by atoms with Crippen LogP contribution in [0, 0.1) is 17.8 Å². The SMILES string of the molecule is CC(C)CC1(C(=O)O)NC(c2ccc(O)c(O)c2)C2C(=O)NC(=O)C21. The lowest BCUT2D eigenvalue weighted by atomic mass is 9.75. The molecule has 8 heteroatoms. The van der Waals surface area contributed by atoms with Crippen molar-refractivity contribution < 1.29 is 29.7 Å². The number of aromatic hydroxyl groups is 2. The molecule has 4 atom stereocenters. The predicted octanol–water partition coefficient (Wildman–Crippen LogP) is 0.500. The lowest BCUT2D eigenvalue weighted by molar-refractivity contribution is -0.150. The Morgan fingerprint density at radius 2 is 1.88 bits per heavy atom. The van der Waals surface area contributed by atoms with Crippen LogP contribution in [0.25, 0.3) is 0 Å². The number of rotatable bonds is 4. The van der Waals surface area contributed by atoms with Gasteiger partial charge in [0.15, 0.2) is 11.5 Å². The Bertz CT molecular complexity index is 762. The van der Waals surface area contributed by atoms with Gasteiger partial charge in [0.1, 0.15) is 5.54 Å². The minimum atomic E-state index is -1.58. The van der Waals surface area contributed by atoms with Gasteiger partial charge >= 0.3 is 5.97 Å². The zero-order valence-electron chi connectivity index (χ0n) is 13.8. The molecule has 2 aliphatic rings. The third kappa shape index (κ3) is 2.53. The number of nitrogens with one attached hydrogen (secondary N) is 2. The van der Waals surface area contributed by atoms with Crippen molar-refractivity contribution in [3.05, 3.63) is 23.8 Å². The van der Waals surface area contributed by atoms with E-state index in [1.54, 1.807) is 0 Å². The summed E-state index contributed by atoms with van der Waals surface area (Å²) >= 11 is 0. The van der Waals surface area contributed by atoms with E-state index in [0.29, 0.717) is 5.56 Å². The van der Waals surface area contributed by atoms with Crippen LogP contribution in [0.5, 0.6) is 11.5 Å². The van der Waals surface area contributed by atoms with Gasteiger partial charge in [-0.25, -0.2) is 0 Å². The number of imide groups is 1. The molecule has 2 amide bonds. The molecule has 2 heterocycles. The van der Waals surface area contributed by atoms with Crippen molar-refractivity contribution >= 4 is 17.8 Å². The number of benzene rings is 1. The number of carboxylic acids is 1. The fourth-order valence-electron chi connectivity index (χ4n) is 4.06. The fourth-order valence-corrected chi connectivity index (χ4v) is 4.06. The number of carbonyl (C=O) groups excluding carboxylic acids is 2. The molecule has 4 unspecified atom stereocenters. The molecule has 0 saturated carbocycles. The van der Waals surface area contributed by atoms with E-state index in [9.17, 15) is 29.7 Å². The van der Waals surface area contributed by atoms with Gasteiger partial charge in [-0.1, -0.05) is 19.9 Å². The van der Waals surface area contributed by atoms with Gasteiger partial charge < -0.3 is 15.3 Å². The predicted molar refractivity (Wildman–Crippen MR) is 85.6 cm³/mol. The highest BCUT2D eigenvalue weighted by Gasteiger charge is 2.66. The number of carbonyl (C=O) groups is 3.